The number of rotatable bonds is 5. The maximum atomic E-state index is 11.8. The largest absolute Gasteiger partial charge is 0.399 e. The number of hydrogen-bond acceptors (Lipinski definition) is 4. The Morgan fingerprint density at radius 2 is 2.05 bits per heavy atom. The average molecular weight is 274 g/mol. The van der Waals surface area contributed by atoms with E-state index >= 15 is 0 Å². The highest BCUT2D eigenvalue weighted by molar-refractivity contribution is 5.91. The molecule has 0 radical (unpaired) electrons. The molecule has 0 saturated heterocycles. The fourth-order valence-electron chi connectivity index (χ4n) is 1.64. The van der Waals surface area contributed by atoms with Crippen LogP contribution in [0.4, 0.5) is 11.5 Å². The number of nitrogens with zero attached hydrogens (tertiary/aromatic N) is 2. The topological polar surface area (TPSA) is 82.2 Å². The third-order valence-electron chi connectivity index (χ3n) is 2.60. The van der Waals surface area contributed by atoms with Crippen molar-refractivity contribution in [2.45, 2.75) is 20.0 Å². The van der Waals surface area contributed by atoms with Crippen LogP contribution in [0.3, 0.4) is 0 Å². The van der Waals surface area contributed by atoms with Crippen molar-refractivity contribution in [2.75, 3.05) is 17.7 Å². The second kappa shape index (κ2) is 6.21. The standard InChI is InChI=1S/C14H18N4O2/c1-10(2)20-9-14(19)17-13-7-8-16-18(13)12-5-3-11(15)4-6-12/h3-8,10H,9,15H2,1-2H3,(H,17,19). The van der Waals surface area contributed by atoms with E-state index in [0.717, 1.165) is 5.69 Å². The molecule has 0 fully saturated rings. The van der Waals surface area contributed by atoms with Crippen LogP contribution in [0.25, 0.3) is 5.69 Å². The summed E-state index contributed by atoms with van der Waals surface area (Å²) >= 11 is 0. The highest BCUT2D eigenvalue weighted by Crippen LogP contribution is 2.16. The first-order valence-electron chi connectivity index (χ1n) is 6.37. The fraction of sp³-hybridized carbons (Fsp3) is 0.286. The predicted octanol–water partition coefficient (Wildman–Crippen LogP) is 1.82. The summed E-state index contributed by atoms with van der Waals surface area (Å²) in [6, 6.07) is 8.96. The summed E-state index contributed by atoms with van der Waals surface area (Å²) in [5.41, 5.74) is 7.15. The molecule has 0 atom stereocenters. The monoisotopic (exact) mass is 274 g/mol. The SMILES string of the molecule is CC(C)OCC(=O)Nc1ccnn1-c1ccc(N)cc1. The maximum absolute atomic E-state index is 11.8. The van der Waals surface area contributed by atoms with Crippen molar-refractivity contribution in [2.24, 2.45) is 0 Å². The van der Waals surface area contributed by atoms with Gasteiger partial charge in [-0.3, -0.25) is 4.79 Å². The molecule has 6 nitrogen and oxygen atoms in total. The van der Waals surface area contributed by atoms with Crippen molar-refractivity contribution in [3.63, 3.8) is 0 Å². The first-order valence-corrected chi connectivity index (χ1v) is 6.37. The Bertz CT molecular complexity index is 575. The smallest absolute Gasteiger partial charge is 0.251 e. The van der Waals surface area contributed by atoms with Crippen LogP contribution in [-0.2, 0) is 9.53 Å². The minimum Gasteiger partial charge on any atom is -0.399 e. The second-order valence-corrected chi connectivity index (χ2v) is 4.63. The molecule has 1 heterocycles. The molecule has 106 valence electrons. The number of carbonyl (C=O) groups excluding carboxylic acids is 1. The molecular weight excluding hydrogens is 256 g/mol. The van der Waals surface area contributed by atoms with Crippen molar-refractivity contribution in [3.8, 4) is 5.69 Å². The van der Waals surface area contributed by atoms with Crippen molar-refractivity contribution >= 4 is 17.4 Å². The molecule has 2 rings (SSSR count). The molecule has 20 heavy (non-hydrogen) atoms. The van der Waals surface area contributed by atoms with Crippen molar-refractivity contribution in [1.29, 1.82) is 0 Å². The van der Waals surface area contributed by atoms with Crippen LogP contribution in [0.1, 0.15) is 13.8 Å². The summed E-state index contributed by atoms with van der Waals surface area (Å²) in [5.74, 6) is 0.378. The van der Waals surface area contributed by atoms with E-state index in [-0.39, 0.29) is 18.6 Å². The number of nitrogens with two attached hydrogens (primary N) is 1. The van der Waals surface area contributed by atoms with Gasteiger partial charge in [-0.15, -0.1) is 0 Å². The van der Waals surface area contributed by atoms with E-state index in [4.69, 9.17) is 10.5 Å². The van der Waals surface area contributed by atoms with Crippen LogP contribution < -0.4 is 11.1 Å². The van der Waals surface area contributed by atoms with Crippen LogP contribution >= 0.6 is 0 Å². The Kier molecular flexibility index (Phi) is 4.37. The van der Waals surface area contributed by atoms with Crippen molar-refractivity contribution in [3.05, 3.63) is 36.5 Å². The van der Waals surface area contributed by atoms with Gasteiger partial charge in [0, 0.05) is 11.8 Å². The zero-order chi connectivity index (χ0) is 14.5. The van der Waals surface area contributed by atoms with Gasteiger partial charge in [-0.25, -0.2) is 4.68 Å². The van der Waals surface area contributed by atoms with Gasteiger partial charge in [0.15, 0.2) is 0 Å². The lowest BCUT2D eigenvalue weighted by molar-refractivity contribution is -0.122. The van der Waals surface area contributed by atoms with Crippen LogP contribution in [0, 0.1) is 0 Å². The molecule has 2 aromatic rings. The summed E-state index contributed by atoms with van der Waals surface area (Å²) in [6.07, 6.45) is 1.64. The number of benzene rings is 1. The predicted molar refractivity (Wildman–Crippen MR) is 77.7 cm³/mol. The van der Waals surface area contributed by atoms with Gasteiger partial charge in [-0.2, -0.15) is 5.10 Å². The van der Waals surface area contributed by atoms with Gasteiger partial charge in [0.05, 0.1) is 18.0 Å². The van der Waals surface area contributed by atoms with E-state index in [1.165, 1.54) is 0 Å². The average Bonchev–Trinajstić information content (AvgIpc) is 2.85. The molecule has 1 aromatic heterocycles. The van der Waals surface area contributed by atoms with Crippen LogP contribution in [-0.4, -0.2) is 28.4 Å². The zero-order valence-corrected chi connectivity index (χ0v) is 11.5. The van der Waals surface area contributed by atoms with Gasteiger partial charge < -0.3 is 15.8 Å². The summed E-state index contributed by atoms with van der Waals surface area (Å²) in [4.78, 5) is 11.8. The third-order valence-corrected chi connectivity index (χ3v) is 2.60. The van der Waals surface area contributed by atoms with E-state index in [2.05, 4.69) is 10.4 Å². The van der Waals surface area contributed by atoms with Crippen LogP contribution in [0.5, 0.6) is 0 Å². The lowest BCUT2D eigenvalue weighted by atomic mass is 10.3. The maximum Gasteiger partial charge on any atom is 0.251 e. The number of ether oxygens (including phenoxy) is 1. The van der Waals surface area contributed by atoms with E-state index in [1.807, 2.05) is 26.0 Å². The molecular formula is C14H18N4O2. The van der Waals surface area contributed by atoms with Gasteiger partial charge in [-0.1, -0.05) is 0 Å². The molecule has 0 bridgehead atoms. The molecule has 0 aliphatic carbocycles. The molecule has 0 unspecified atom stereocenters. The molecule has 1 aromatic carbocycles. The zero-order valence-electron chi connectivity index (χ0n) is 11.5. The molecule has 6 heteroatoms. The summed E-state index contributed by atoms with van der Waals surface area (Å²) in [6.45, 7) is 3.78. The number of nitrogens with one attached hydrogen (secondary N) is 1. The Morgan fingerprint density at radius 3 is 2.70 bits per heavy atom. The molecule has 3 N–H and O–H groups in total. The van der Waals surface area contributed by atoms with Crippen molar-refractivity contribution in [1.82, 2.24) is 9.78 Å². The van der Waals surface area contributed by atoms with Crippen molar-refractivity contribution < 1.29 is 9.53 Å². The van der Waals surface area contributed by atoms with Gasteiger partial charge in [0.1, 0.15) is 12.4 Å². The van der Waals surface area contributed by atoms with E-state index in [0.29, 0.717) is 11.5 Å². The minimum absolute atomic E-state index is 0.0164. The fourth-order valence-corrected chi connectivity index (χ4v) is 1.64. The number of anilines is 2. The van der Waals surface area contributed by atoms with E-state index in [1.54, 1.807) is 29.1 Å². The molecule has 0 saturated carbocycles. The highest BCUT2D eigenvalue weighted by Gasteiger charge is 2.09. The van der Waals surface area contributed by atoms with E-state index in [9.17, 15) is 4.79 Å². The Hall–Kier alpha value is -2.34. The second-order valence-electron chi connectivity index (χ2n) is 4.63. The van der Waals surface area contributed by atoms with Gasteiger partial charge in [-0.05, 0) is 38.1 Å². The van der Waals surface area contributed by atoms with Crippen LogP contribution in [0.2, 0.25) is 0 Å². The Morgan fingerprint density at radius 1 is 1.35 bits per heavy atom. The molecule has 0 spiro atoms. The quantitative estimate of drug-likeness (QED) is 0.815. The van der Waals surface area contributed by atoms with Gasteiger partial charge in [0.25, 0.3) is 5.91 Å². The molecule has 0 aliphatic heterocycles. The lowest BCUT2D eigenvalue weighted by Gasteiger charge is -2.10. The Balaban J connectivity index is 2.09. The lowest BCUT2D eigenvalue weighted by Crippen LogP contribution is -2.22. The number of aromatic nitrogens is 2. The van der Waals surface area contributed by atoms with Gasteiger partial charge >= 0.3 is 0 Å². The number of amides is 1. The number of carbonyl (C=O) groups is 1. The first-order chi connectivity index (χ1) is 9.56. The first kappa shape index (κ1) is 14.1. The highest BCUT2D eigenvalue weighted by atomic mass is 16.5. The summed E-state index contributed by atoms with van der Waals surface area (Å²) < 4.78 is 6.89. The number of nitrogen functional groups attached to an aromatic ring is 1. The molecule has 1 amide bonds. The summed E-state index contributed by atoms with van der Waals surface area (Å²) in [7, 11) is 0. The minimum atomic E-state index is -0.212. The van der Waals surface area contributed by atoms with Crippen LogP contribution in [0.15, 0.2) is 36.5 Å². The molecule has 0 aliphatic rings. The Labute approximate surface area is 117 Å². The van der Waals surface area contributed by atoms with E-state index < -0.39 is 0 Å². The van der Waals surface area contributed by atoms with Gasteiger partial charge in [0.2, 0.25) is 0 Å². The third kappa shape index (κ3) is 3.58. The summed E-state index contributed by atoms with van der Waals surface area (Å²) in [5, 5.41) is 6.95. The normalized spacial score (nSPS) is 10.8. The number of hydrogen-bond donors (Lipinski definition) is 2.